The van der Waals surface area contributed by atoms with E-state index in [9.17, 15) is 4.79 Å². The topological polar surface area (TPSA) is 67.6 Å². The monoisotopic (exact) mass is 245 g/mol. The Hall–Kier alpha value is -0.650. The molecule has 0 aromatic carbocycles. The summed E-state index contributed by atoms with van der Waals surface area (Å²) in [7, 11) is 1.62. The molecule has 0 radical (unpaired) electrons. The van der Waals surface area contributed by atoms with Gasteiger partial charge in [-0.2, -0.15) is 0 Å². The summed E-state index contributed by atoms with van der Waals surface area (Å²) in [5.41, 5.74) is 5.57. The second-order valence-electron chi connectivity index (χ2n) is 4.14. The first kappa shape index (κ1) is 16.4. The van der Waals surface area contributed by atoms with Crippen LogP contribution in [-0.2, 0) is 9.53 Å². The highest BCUT2D eigenvalue weighted by Crippen LogP contribution is 2.01. The number of nitrogens with one attached hydrogen (secondary N) is 1. The molecule has 1 amide bonds. The maximum atomic E-state index is 11.8. The van der Waals surface area contributed by atoms with Crippen molar-refractivity contribution in [3.05, 3.63) is 0 Å². The van der Waals surface area contributed by atoms with E-state index in [1.165, 1.54) is 0 Å². The fourth-order valence-electron chi connectivity index (χ4n) is 1.62. The van der Waals surface area contributed by atoms with Gasteiger partial charge in [-0.25, -0.2) is 0 Å². The molecule has 0 aliphatic carbocycles. The van der Waals surface area contributed by atoms with Crippen molar-refractivity contribution in [1.29, 1.82) is 0 Å². The predicted octanol–water partition coefficient (Wildman–Crippen LogP) is 0.198. The number of unbranched alkanes of at least 4 members (excludes halogenated alkanes) is 1. The van der Waals surface area contributed by atoms with Gasteiger partial charge in [-0.15, -0.1) is 0 Å². The van der Waals surface area contributed by atoms with Gasteiger partial charge in [0.15, 0.2) is 0 Å². The first-order valence-corrected chi connectivity index (χ1v) is 6.38. The number of nitrogens with two attached hydrogens (primary N) is 1. The van der Waals surface area contributed by atoms with E-state index in [1.54, 1.807) is 7.11 Å². The number of nitrogens with zero attached hydrogens (tertiary/aromatic N) is 1. The van der Waals surface area contributed by atoms with E-state index in [-0.39, 0.29) is 11.9 Å². The van der Waals surface area contributed by atoms with E-state index in [2.05, 4.69) is 17.1 Å². The molecule has 0 fully saturated rings. The second-order valence-corrected chi connectivity index (χ2v) is 4.14. The molecule has 0 saturated heterocycles. The molecule has 1 atom stereocenters. The molecule has 0 rings (SSSR count). The number of hydrogen-bond acceptors (Lipinski definition) is 4. The molecule has 17 heavy (non-hydrogen) atoms. The lowest BCUT2D eigenvalue weighted by Gasteiger charge is -2.27. The van der Waals surface area contributed by atoms with Crippen molar-refractivity contribution in [2.75, 3.05) is 39.9 Å². The van der Waals surface area contributed by atoms with Gasteiger partial charge in [0, 0.05) is 26.7 Å². The summed E-state index contributed by atoms with van der Waals surface area (Å²) in [5, 5.41) is 2.85. The quantitative estimate of drug-likeness (QED) is 0.540. The van der Waals surface area contributed by atoms with Crippen LogP contribution in [0.4, 0.5) is 0 Å². The van der Waals surface area contributed by atoms with Crippen LogP contribution in [-0.4, -0.2) is 56.7 Å². The van der Waals surface area contributed by atoms with E-state index in [0.29, 0.717) is 19.7 Å². The second kappa shape index (κ2) is 10.5. The third kappa shape index (κ3) is 7.31. The van der Waals surface area contributed by atoms with Gasteiger partial charge in [0.2, 0.25) is 5.91 Å². The van der Waals surface area contributed by atoms with Crippen molar-refractivity contribution < 1.29 is 9.53 Å². The lowest BCUT2D eigenvalue weighted by molar-refractivity contribution is -0.126. The average molecular weight is 245 g/mol. The van der Waals surface area contributed by atoms with Crippen molar-refractivity contribution in [1.82, 2.24) is 10.2 Å². The molecule has 5 heteroatoms. The SMILES string of the molecule is CCCCN(CCN)C(C)C(=O)NCCOC. The molecular formula is C12H27N3O2. The molecule has 0 aliphatic rings. The fraction of sp³-hybridized carbons (Fsp3) is 0.917. The molecule has 0 heterocycles. The van der Waals surface area contributed by atoms with Gasteiger partial charge in [-0.05, 0) is 19.9 Å². The Morgan fingerprint density at radius 1 is 1.47 bits per heavy atom. The molecule has 0 bridgehead atoms. The highest BCUT2D eigenvalue weighted by Gasteiger charge is 2.19. The molecular weight excluding hydrogens is 218 g/mol. The highest BCUT2D eigenvalue weighted by molar-refractivity contribution is 5.81. The van der Waals surface area contributed by atoms with Crippen LogP contribution >= 0.6 is 0 Å². The Bertz CT molecular complexity index is 200. The van der Waals surface area contributed by atoms with Gasteiger partial charge in [0.05, 0.1) is 12.6 Å². The summed E-state index contributed by atoms with van der Waals surface area (Å²) < 4.78 is 4.90. The van der Waals surface area contributed by atoms with Crippen molar-refractivity contribution in [2.24, 2.45) is 5.73 Å². The number of ether oxygens (including phenoxy) is 1. The van der Waals surface area contributed by atoms with Crippen molar-refractivity contribution in [3.8, 4) is 0 Å². The largest absolute Gasteiger partial charge is 0.383 e. The van der Waals surface area contributed by atoms with Crippen LogP contribution in [0.3, 0.4) is 0 Å². The van der Waals surface area contributed by atoms with Crippen molar-refractivity contribution in [3.63, 3.8) is 0 Å². The molecule has 0 saturated carbocycles. The number of amides is 1. The van der Waals surface area contributed by atoms with Crippen LogP contribution in [0.2, 0.25) is 0 Å². The number of methoxy groups -OCH3 is 1. The Kier molecular flexibility index (Phi) is 10.1. The fourth-order valence-corrected chi connectivity index (χ4v) is 1.62. The normalized spacial score (nSPS) is 12.8. The molecule has 102 valence electrons. The third-order valence-corrected chi connectivity index (χ3v) is 2.75. The smallest absolute Gasteiger partial charge is 0.237 e. The summed E-state index contributed by atoms with van der Waals surface area (Å²) in [6.45, 7) is 7.44. The predicted molar refractivity (Wildman–Crippen MR) is 69.9 cm³/mol. The van der Waals surface area contributed by atoms with Crippen LogP contribution in [0.15, 0.2) is 0 Å². The first-order valence-electron chi connectivity index (χ1n) is 6.38. The van der Waals surface area contributed by atoms with Gasteiger partial charge in [0.1, 0.15) is 0 Å². The standard InChI is InChI=1S/C12H27N3O2/c1-4-5-8-15(9-6-13)11(2)12(16)14-7-10-17-3/h11H,4-10,13H2,1-3H3,(H,14,16). The Morgan fingerprint density at radius 3 is 2.71 bits per heavy atom. The summed E-state index contributed by atoms with van der Waals surface area (Å²) in [4.78, 5) is 14.0. The molecule has 3 N–H and O–H groups in total. The zero-order chi connectivity index (χ0) is 13.1. The number of hydrogen-bond donors (Lipinski definition) is 2. The minimum atomic E-state index is -0.123. The van der Waals surface area contributed by atoms with Gasteiger partial charge in [-0.1, -0.05) is 13.3 Å². The molecule has 0 aromatic rings. The van der Waals surface area contributed by atoms with Crippen molar-refractivity contribution in [2.45, 2.75) is 32.7 Å². The average Bonchev–Trinajstić information content (AvgIpc) is 2.33. The van der Waals surface area contributed by atoms with E-state index in [0.717, 1.165) is 25.9 Å². The third-order valence-electron chi connectivity index (χ3n) is 2.75. The maximum absolute atomic E-state index is 11.8. The van der Waals surface area contributed by atoms with E-state index in [4.69, 9.17) is 10.5 Å². The van der Waals surface area contributed by atoms with E-state index in [1.807, 2.05) is 6.92 Å². The van der Waals surface area contributed by atoms with Crippen LogP contribution in [0.1, 0.15) is 26.7 Å². The van der Waals surface area contributed by atoms with Gasteiger partial charge < -0.3 is 15.8 Å². The van der Waals surface area contributed by atoms with Crippen LogP contribution in [0.25, 0.3) is 0 Å². The minimum absolute atomic E-state index is 0.0478. The van der Waals surface area contributed by atoms with Crippen LogP contribution in [0.5, 0.6) is 0 Å². The van der Waals surface area contributed by atoms with Crippen LogP contribution < -0.4 is 11.1 Å². The number of rotatable bonds is 10. The van der Waals surface area contributed by atoms with Gasteiger partial charge in [-0.3, -0.25) is 9.69 Å². The Labute approximate surface area is 105 Å². The lowest BCUT2D eigenvalue weighted by Crippen LogP contribution is -2.47. The first-order chi connectivity index (χ1) is 8.17. The molecule has 0 aromatic heterocycles. The molecule has 5 nitrogen and oxygen atoms in total. The molecule has 0 spiro atoms. The minimum Gasteiger partial charge on any atom is -0.383 e. The summed E-state index contributed by atoms with van der Waals surface area (Å²) in [6, 6.07) is -0.123. The number of carbonyl (C=O) groups is 1. The molecule has 0 aliphatic heterocycles. The van der Waals surface area contributed by atoms with Crippen LogP contribution in [0, 0.1) is 0 Å². The zero-order valence-electron chi connectivity index (χ0n) is 11.4. The summed E-state index contributed by atoms with van der Waals surface area (Å²) in [6.07, 6.45) is 2.22. The zero-order valence-corrected chi connectivity index (χ0v) is 11.4. The highest BCUT2D eigenvalue weighted by atomic mass is 16.5. The summed E-state index contributed by atoms with van der Waals surface area (Å²) >= 11 is 0. The molecule has 1 unspecified atom stereocenters. The van der Waals surface area contributed by atoms with E-state index >= 15 is 0 Å². The Balaban J connectivity index is 4.08. The maximum Gasteiger partial charge on any atom is 0.237 e. The van der Waals surface area contributed by atoms with E-state index < -0.39 is 0 Å². The van der Waals surface area contributed by atoms with Gasteiger partial charge >= 0.3 is 0 Å². The van der Waals surface area contributed by atoms with Gasteiger partial charge in [0.25, 0.3) is 0 Å². The lowest BCUT2D eigenvalue weighted by atomic mass is 10.2. The van der Waals surface area contributed by atoms with Crippen molar-refractivity contribution >= 4 is 5.91 Å². The number of carbonyl (C=O) groups excluding carboxylic acids is 1. The summed E-state index contributed by atoms with van der Waals surface area (Å²) in [5.74, 6) is 0.0478. The Morgan fingerprint density at radius 2 is 2.18 bits per heavy atom.